The van der Waals surface area contributed by atoms with Gasteiger partial charge in [-0.3, -0.25) is 9.69 Å². The third-order valence-corrected chi connectivity index (χ3v) is 3.48. The van der Waals surface area contributed by atoms with Crippen molar-refractivity contribution in [2.45, 2.75) is 45.8 Å². The lowest BCUT2D eigenvalue weighted by atomic mass is 10.0. The Morgan fingerprint density at radius 1 is 1.15 bits per heavy atom. The minimum atomic E-state index is -1.29. The van der Waals surface area contributed by atoms with Gasteiger partial charge < -0.3 is 19.3 Å². The Labute approximate surface area is 159 Å². The van der Waals surface area contributed by atoms with Crippen molar-refractivity contribution in [2.75, 3.05) is 20.3 Å². The topological polar surface area (TPSA) is 102 Å². The number of esters is 1. The van der Waals surface area contributed by atoms with E-state index >= 15 is 0 Å². The molecule has 8 heteroatoms. The summed E-state index contributed by atoms with van der Waals surface area (Å²) in [6.07, 6.45) is -0.894. The average Bonchev–Trinajstić information content (AvgIpc) is 2.57. The number of aliphatic carboxylic acids is 1. The first-order chi connectivity index (χ1) is 12.6. The van der Waals surface area contributed by atoms with E-state index < -0.39 is 36.2 Å². The van der Waals surface area contributed by atoms with Crippen molar-refractivity contribution in [1.29, 1.82) is 0 Å². The number of hydrogen-bond donors (Lipinski definition) is 1. The highest BCUT2D eigenvalue weighted by atomic mass is 16.6. The third-order valence-electron chi connectivity index (χ3n) is 3.48. The lowest BCUT2D eigenvalue weighted by Crippen LogP contribution is -2.50. The van der Waals surface area contributed by atoms with E-state index in [0.717, 1.165) is 4.90 Å². The molecule has 1 aromatic rings. The summed E-state index contributed by atoms with van der Waals surface area (Å²) in [4.78, 5) is 37.2. The van der Waals surface area contributed by atoms with Gasteiger partial charge in [0.1, 0.15) is 23.9 Å². The minimum Gasteiger partial charge on any atom is -0.497 e. The number of benzene rings is 1. The molecule has 1 aromatic carbocycles. The standard InChI is InChI=1S/C19H27NO7/c1-6-26-16(21)12-20(18(24)27-19(2,3)4)15(17(22)23)11-13-7-9-14(25-5)10-8-13/h7-10,15H,6,11-12H2,1-5H3,(H,22,23)/t15-/m1/s1. The fraction of sp³-hybridized carbons (Fsp3) is 0.526. The monoisotopic (exact) mass is 381 g/mol. The zero-order valence-electron chi connectivity index (χ0n) is 16.4. The van der Waals surface area contributed by atoms with Gasteiger partial charge in [-0.25, -0.2) is 9.59 Å². The van der Waals surface area contributed by atoms with E-state index in [-0.39, 0.29) is 13.0 Å². The molecule has 150 valence electrons. The highest BCUT2D eigenvalue weighted by molar-refractivity contribution is 5.84. The number of carbonyl (C=O) groups excluding carboxylic acids is 2. The van der Waals surface area contributed by atoms with E-state index in [4.69, 9.17) is 14.2 Å². The van der Waals surface area contributed by atoms with Gasteiger partial charge in [0, 0.05) is 6.42 Å². The van der Waals surface area contributed by atoms with Crippen LogP contribution >= 0.6 is 0 Å². The molecule has 0 radical (unpaired) electrons. The number of hydrogen-bond acceptors (Lipinski definition) is 6. The summed E-state index contributed by atoms with van der Waals surface area (Å²) in [5, 5.41) is 9.67. The molecule has 0 bridgehead atoms. The molecule has 27 heavy (non-hydrogen) atoms. The predicted molar refractivity (Wildman–Crippen MR) is 97.7 cm³/mol. The van der Waals surface area contributed by atoms with Crippen LogP contribution in [0.1, 0.15) is 33.3 Å². The fourth-order valence-corrected chi connectivity index (χ4v) is 2.28. The van der Waals surface area contributed by atoms with Crippen LogP contribution in [0.25, 0.3) is 0 Å². The summed E-state index contributed by atoms with van der Waals surface area (Å²) in [5.74, 6) is -1.33. The third kappa shape index (κ3) is 7.55. The number of methoxy groups -OCH3 is 1. The van der Waals surface area contributed by atoms with Gasteiger partial charge in [0.15, 0.2) is 0 Å². The molecular weight excluding hydrogens is 354 g/mol. The molecule has 0 aromatic heterocycles. The van der Waals surface area contributed by atoms with E-state index in [2.05, 4.69) is 0 Å². The molecule has 0 spiro atoms. The van der Waals surface area contributed by atoms with E-state index in [9.17, 15) is 19.5 Å². The molecule has 0 aliphatic rings. The number of carboxylic acids is 1. The maximum absolute atomic E-state index is 12.5. The van der Waals surface area contributed by atoms with Gasteiger partial charge in [-0.1, -0.05) is 12.1 Å². The van der Waals surface area contributed by atoms with Gasteiger partial charge in [0.2, 0.25) is 0 Å². The second-order valence-corrected chi connectivity index (χ2v) is 6.82. The first-order valence-corrected chi connectivity index (χ1v) is 8.58. The Hall–Kier alpha value is -2.77. The van der Waals surface area contributed by atoms with E-state index in [1.54, 1.807) is 52.0 Å². The van der Waals surface area contributed by atoms with Crippen molar-refractivity contribution >= 4 is 18.0 Å². The molecule has 0 aliphatic heterocycles. The zero-order valence-corrected chi connectivity index (χ0v) is 16.4. The molecule has 0 heterocycles. The van der Waals surface area contributed by atoms with Gasteiger partial charge in [0.05, 0.1) is 13.7 Å². The van der Waals surface area contributed by atoms with Crippen molar-refractivity contribution in [1.82, 2.24) is 4.90 Å². The summed E-state index contributed by atoms with van der Waals surface area (Å²) in [7, 11) is 1.53. The van der Waals surface area contributed by atoms with Crippen LogP contribution in [0.3, 0.4) is 0 Å². The van der Waals surface area contributed by atoms with E-state index in [0.29, 0.717) is 11.3 Å². The van der Waals surface area contributed by atoms with Gasteiger partial charge in [0.25, 0.3) is 0 Å². The summed E-state index contributed by atoms with van der Waals surface area (Å²) in [6.45, 7) is 6.21. The smallest absolute Gasteiger partial charge is 0.411 e. The van der Waals surface area contributed by atoms with Gasteiger partial charge in [-0.05, 0) is 45.4 Å². The summed E-state index contributed by atoms with van der Waals surface area (Å²) >= 11 is 0. The van der Waals surface area contributed by atoms with Crippen LogP contribution in [0.5, 0.6) is 5.75 Å². The number of ether oxygens (including phenoxy) is 3. The Bertz CT molecular complexity index is 649. The quantitative estimate of drug-likeness (QED) is 0.690. The lowest BCUT2D eigenvalue weighted by molar-refractivity contribution is -0.148. The Kier molecular flexibility index (Phi) is 8.08. The van der Waals surface area contributed by atoms with Gasteiger partial charge >= 0.3 is 18.0 Å². The van der Waals surface area contributed by atoms with Crippen LogP contribution in [0.2, 0.25) is 0 Å². The van der Waals surface area contributed by atoms with Gasteiger partial charge in [-0.15, -0.1) is 0 Å². The molecule has 1 amide bonds. The zero-order chi connectivity index (χ0) is 20.6. The fourth-order valence-electron chi connectivity index (χ4n) is 2.28. The predicted octanol–water partition coefficient (Wildman–Crippen LogP) is 2.49. The molecule has 0 fully saturated rings. The molecule has 1 N–H and O–H groups in total. The molecule has 1 atom stereocenters. The highest BCUT2D eigenvalue weighted by Crippen LogP contribution is 2.18. The molecule has 0 unspecified atom stereocenters. The van der Waals surface area contributed by atoms with Gasteiger partial charge in [-0.2, -0.15) is 0 Å². The number of rotatable bonds is 8. The first kappa shape index (κ1) is 22.3. The maximum Gasteiger partial charge on any atom is 0.411 e. The summed E-state index contributed by atoms with van der Waals surface area (Å²) in [6, 6.07) is 5.49. The van der Waals surface area contributed by atoms with Crippen molar-refractivity contribution < 1.29 is 33.7 Å². The SMILES string of the molecule is CCOC(=O)CN(C(=O)OC(C)(C)C)[C@H](Cc1ccc(OC)cc1)C(=O)O. The van der Waals surface area contributed by atoms with E-state index in [1.165, 1.54) is 7.11 Å². The van der Waals surface area contributed by atoms with Crippen LogP contribution < -0.4 is 4.74 Å². The maximum atomic E-state index is 12.5. The van der Waals surface area contributed by atoms with Crippen molar-refractivity contribution in [3.8, 4) is 5.75 Å². The summed E-state index contributed by atoms with van der Waals surface area (Å²) in [5.41, 5.74) is -0.173. The Balaban J connectivity index is 3.11. The number of carboxylic acid groups (broad SMARTS) is 1. The van der Waals surface area contributed by atoms with Crippen molar-refractivity contribution in [2.24, 2.45) is 0 Å². The second kappa shape index (κ2) is 9.80. The average molecular weight is 381 g/mol. The van der Waals surface area contributed by atoms with E-state index in [1.807, 2.05) is 0 Å². The number of carbonyl (C=O) groups is 3. The largest absolute Gasteiger partial charge is 0.497 e. The normalized spacial score (nSPS) is 12.0. The van der Waals surface area contributed by atoms with Crippen molar-refractivity contribution in [3.63, 3.8) is 0 Å². The highest BCUT2D eigenvalue weighted by Gasteiger charge is 2.35. The Morgan fingerprint density at radius 3 is 2.19 bits per heavy atom. The van der Waals surface area contributed by atoms with Crippen LogP contribution in [-0.4, -0.2) is 59.9 Å². The molecule has 0 saturated heterocycles. The lowest BCUT2D eigenvalue weighted by Gasteiger charge is -2.30. The second-order valence-electron chi connectivity index (χ2n) is 6.82. The number of amides is 1. The molecule has 0 aliphatic carbocycles. The van der Waals surface area contributed by atoms with Crippen LogP contribution in [0.4, 0.5) is 4.79 Å². The molecular formula is C19H27NO7. The minimum absolute atomic E-state index is 0.00201. The first-order valence-electron chi connectivity index (χ1n) is 8.58. The summed E-state index contributed by atoms with van der Waals surface area (Å²) < 4.78 is 15.2. The number of nitrogens with zero attached hydrogens (tertiary/aromatic N) is 1. The molecule has 0 saturated carbocycles. The van der Waals surface area contributed by atoms with Crippen molar-refractivity contribution in [3.05, 3.63) is 29.8 Å². The molecule has 1 rings (SSSR count). The van der Waals surface area contributed by atoms with Crippen LogP contribution in [-0.2, 0) is 25.5 Å². The molecule has 8 nitrogen and oxygen atoms in total. The van der Waals surface area contributed by atoms with Crippen LogP contribution in [0, 0.1) is 0 Å². The Morgan fingerprint density at radius 2 is 1.74 bits per heavy atom. The van der Waals surface area contributed by atoms with Crippen LogP contribution in [0.15, 0.2) is 24.3 Å².